The van der Waals surface area contributed by atoms with Gasteiger partial charge in [-0.1, -0.05) is 50.1 Å². The third-order valence-corrected chi connectivity index (χ3v) is 3.94. The van der Waals surface area contributed by atoms with E-state index in [9.17, 15) is 4.79 Å². The van der Waals surface area contributed by atoms with Gasteiger partial charge >= 0.3 is 5.97 Å². The molecule has 1 fully saturated rings. The van der Waals surface area contributed by atoms with E-state index in [1.807, 2.05) is 25.1 Å². The smallest absolute Gasteiger partial charge is 0.312 e. The summed E-state index contributed by atoms with van der Waals surface area (Å²) in [6, 6.07) is 10.4. The number of unbranched alkanes of at least 4 members (excludes halogenated alkanes) is 1. The minimum absolute atomic E-state index is 0.00676. The molecule has 1 saturated carbocycles. The minimum Gasteiger partial charge on any atom is -0.466 e. The SMILES string of the molecule is CCCC[C@]1(C(=O)OCC)C[C@@H]1c1ccccc1. The van der Waals surface area contributed by atoms with Crippen molar-refractivity contribution in [3.63, 3.8) is 0 Å². The summed E-state index contributed by atoms with van der Waals surface area (Å²) in [6.45, 7) is 4.53. The number of benzene rings is 1. The van der Waals surface area contributed by atoms with E-state index in [4.69, 9.17) is 4.74 Å². The fourth-order valence-corrected chi connectivity index (χ4v) is 2.80. The minimum atomic E-state index is -0.229. The predicted molar refractivity (Wildman–Crippen MR) is 72.4 cm³/mol. The van der Waals surface area contributed by atoms with Crippen LogP contribution in [-0.2, 0) is 9.53 Å². The first-order valence-electron chi connectivity index (χ1n) is 6.96. The molecule has 2 nitrogen and oxygen atoms in total. The fraction of sp³-hybridized carbons (Fsp3) is 0.562. The summed E-state index contributed by atoms with van der Waals surface area (Å²) < 4.78 is 5.28. The Balaban J connectivity index is 2.12. The summed E-state index contributed by atoms with van der Waals surface area (Å²) in [4.78, 5) is 12.2. The molecule has 0 aromatic heterocycles. The van der Waals surface area contributed by atoms with E-state index >= 15 is 0 Å². The molecule has 0 aliphatic heterocycles. The van der Waals surface area contributed by atoms with Crippen LogP contribution in [0.25, 0.3) is 0 Å². The van der Waals surface area contributed by atoms with Gasteiger partial charge in [0.1, 0.15) is 0 Å². The Morgan fingerprint density at radius 1 is 1.33 bits per heavy atom. The average molecular weight is 246 g/mol. The van der Waals surface area contributed by atoms with Crippen molar-refractivity contribution in [2.75, 3.05) is 6.61 Å². The first-order chi connectivity index (χ1) is 8.74. The Kier molecular flexibility index (Phi) is 4.05. The standard InChI is InChI=1S/C16H22O2/c1-3-5-11-16(15(17)18-4-2)12-14(16)13-9-7-6-8-10-13/h6-10,14H,3-5,11-12H2,1-2H3/t14-,16+/m1/s1. The van der Waals surface area contributed by atoms with Crippen LogP contribution in [0, 0.1) is 5.41 Å². The molecule has 18 heavy (non-hydrogen) atoms. The first kappa shape index (κ1) is 13.1. The van der Waals surface area contributed by atoms with Crippen molar-refractivity contribution in [1.29, 1.82) is 0 Å². The van der Waals surface area contributed by atoms with Crippen LogP contribution in [0.5, 0.6) is 0 Å². The molecule has 2 heteroatoms. The van der Waals surface area contributed by atoms with Gasteiger partial charge in [-0.2, -0.15) is 0 Å². The Hall–Kier alpha value is -1.31. The molecule has 2 rings (SSSR count). The molecule has 0 N–H and O–H groups in total. The van der Waals surface area contributed by atoms with Crippen LogP contribution in [0.4, 0.5) is 0 Å². The molecule has 0 saturated heterocycles. The number of hydrogen-bond acceptors (Lipinski definition) is 2. The van der Waals surface area contributed by atoms with E-state index in [0.29, 0.717) is 12.5 Å². The molecular weight excluding hydrogens is 224 g/mol. The first-order valence-corrected chi connectivity index (χ1v) is 6.96. The van der Waals surface area contributed by atoms with Gasteiger partial charge < -0.3 is 4.74 Å². The van der Waals surface area contributed by atoms with Gasteiger partial charge in [-0.15, -0.1) is 0 Å². The fourth-order valence-electron chi connectivity index (χ4n) is 2.80. The van der Waals surface area contributed by atoms with Crippen molar-refractivity contribution in [2.45, 2.75) is 45.4 Å². The number of esters is 1. The Morgan fingerprint density at radius 3 is 2.67 bits per heavy atom. The highest BCUT2D eigenvalue weighted by molar-refractivity contribution is 5.82. The van der Waals surface area contributed by atoms with Gasteiger partial charge in [-0.05, 0) is 25.3 Å². The molecule has 0 heterocycles. The van der Waals surface area contributed by atoms with Crippen LogP contribution in [0.1, 0.15) is 51.0 Å². The molecule has 1 aliphatic rings. The number of carbonyl (C=O) groups excluding carboxylic acids is 1. The number of rotatable bonds is 6. The van der Waals surface area contributed by atoms with Gasteiger partial charge in [0.25, 0.3) is 0 Å². The van der Waals surface area contributed by atoms with Gasteiger partial charge in [0.2, 0.25) is 0 Å². The van der Waals surface area contributed by atoms with Crippen LogP contribution in [-0.4, -0.2) is 12.6 Å². The molecule has 0 amide bonds. The quantitative estimate of drug-likeness (QED) is 0.711. The van der Waals surface area contributed by atoms with Gasteiger partial charge in [0.15, 0.2) is 0 Å². The molecule has 0 bridgehead atoms. The second-order valence-corrected chi connectivity index (χ2v) is 5.15. The lowest BCUT2D eigenvalue weighted by Gasteiger charge is -2.15. The molecule has 98 valence electrons. The van der Waals surface area contributed by atoms with E-state index in [1.165, 1.54) is 5.56 Å². The molecule has 1 aromatic rings. The molecule has 1 aliphatic carbocycles. The summed E-state index contributed by atoms with van der Waals surface area (Å²) in [5, 5.41) is 0. The third kappa shape index (κ3) is 2.43. The predicted octanol–water partition coefficient (Wildman–Crippen LogP) is 3.91. The monoisotopic (exact) mass is 246 g/mol. The second kappa shape index (κ2) is 5.55. The Labute approximate surface area is 109 Å². The molecule has 0 spiro atoms. The zero-order valence-electron chi connectivity index (χ0n) is 11.3. The lowest BCUT2D eigenvalue weighted by atomic mass is 9.93. The second-order valence-electron chi connectivity index (χ2n) is 5.15. The highest BCUT2D eigenvalue weighted by atomic mass is 16.5. The zero-order valence-corrected chi connectivity index (χ0v) is 11.3. The highest BCUT2D eigenvalue weighted by Gasteiger charge is 2.60. The summed E-state index contributed by atoms with van der Waals surface area (Å²) in [6.07, 6.45) is 4.14. The van der Waals surface area contributed by atoms with Crippen LogP contribution in [0.3, 0.4) is 0 Å². The van der Waals surface area contributed by atoms with Crippen molar-refractivity contribution >= 4 is 5.97 Å². The number of hydrogen-bond donors (Lipinski definition) is 0. The molecular formula is C16H22O2. The molecule has 2 atom stereocenters. The lowest BCUT2D eigenvalue weighted by Crippen LogP contribution is -2.21. The summed E-state index contributed by atoms with van der Waals surface area (Å²) in [7, 11) is 0. The summed E-state index contributed by atoms with van der Waals surface area (Å²) >= 11 is 0. The average Bonchev–Trinajstić information content (AvgIpc) is 3.14. The van der Waals surface area contributed by atoms with E-state index in [-0.39, 0.29) is 11.4 Å². The van der Waals surface area contributed by atoms with Crippen LogP contribution >= 0.6 is 0 Å². The lowest BCUT2D eigenvalue weighted by molar-refractivity contribution is -0.150. The van der Waals surface area contributed by atoms with Crippen molar-refractivity contribution in [2.24, 2.45) is 5.41 Å². The van der Waals surface area contributed by atoms with Crippen molar-refractivity contribution in [3.05, 3.63) is 35.9 Å². The van der Waals surface area contributed by atoms with Gasteiger partial charge in [-0.3, -0.25) is 4.79 Å². The maximum absolute atomic E-state index is 12.2. The van der Waals surface area contributed by atoms with E-state index in [1.54, 1.807) is 0 Å². The Bertz CT molecular complexity index is 399. The van der Waals surface area contributed by atoms with Crippen LogP contribution in [0.2, 0.25) is 0 Å². The zero-order chi connectivity index (χ0) is 13.0. The van der Waals surface area contributed by atoms with E-state index in [2.05, 4.69) is 19.1 Å². The van der Waals surface area contributed by atoms with Crippen molar-refractivity contribution in [1.82, 2.24) is 0 Å². The van der Waals surface area contributed by atoms with Gasteiger partial charge in [-0.25, -0.2) is 0 Å². The molecule has 0 unspecified atom stereocenters. The number of ether oxygens (including phenoxy) is 1. The van der Waals surface area contributed by atoms with Crippen molar-refractivity contribution in [3.8, 4) is 0 Å². The van der Waals surface area contributed by atoms with E-state index in [0.717, 1.165) is 25.7 Å². The van der Waals surface area contributed by atoms with Gasteiger partial charge in [0.05, 0.1) is 12.0 Å². The van der Waals surface area contributed by atoms with Crippen LogP contribution in [0.15, 0.2) is 30.3 Å². The maximum atomic E-state index is 12.2. The number of carbonyl (C=O) groups is 1. The van der Waals surface area contributed by atoms with Gasteiger partial charge in [0, 0.05) is 5.92 Å². The maximum Gasteiger partial charge on any atom is 0.312 e. The topological polar surface area (TPSA) is 26.3 Å². The molecule has 1 aromatic carbocycles. The third-order valence-electron chi connectivity index (χ3n) is 3.94. The normalized spacial score (nSPS) is 25.8. The summed E-state index contributed by atoms with van der Waals surface area (Å²) in [5.41, 5.74) is 1.05. The Morgan fingerprint density at radius 2 is 2.06 bits per heavy atom. The van der Waals surface area contributed by atoms with E-state index < -0.39 is 0 Å². The molecule has 0 radical (unpaired) electrons. The summed E-state index contributed by atoms with van der Waals surface area (Å²) in [5.74, 6) is 0.372. The highest BCUT2D eigenvalue weighted by Crippen LogP contribution is 2.62. The van der Waals surface area contributed by atoms with Crippen LogP contribution < -0.4 is 0 Å². The van der Waals surface area contributed by atoms with Crippen molar-refractivity contribution < 1.29 is 9.53 Å². The largest absolute Gasteiger partial charge is 0.466 e.